The van der Waals surface area contributed by atoms with Crippen molar-refractivity contribution in [2.75, 3.05) is 5.48 Å². The van der Waals surface area contributed by atoms with Gasteiger partial charge in [0, 0.05) is 0 Å². The van der Waals surface area contributed by atoms with Crippen LogP contribution in [0.25, 0.3) is 0 Å². The number of nitrogens with one attached hydrogen (secondary N) is 1. The second kappa shape index (κ2) is 5.36. The van der Waals surface area contributed by atoms with Crippen LogP contribution in [-0.4, -0.2) is 11.8 Å². The Labute approximate surface area is 92.1 Å². The fraction of sp³-hybridized carbons (Fsp3) is 0.200. The molecule has 1 N–H and O–H groups in total. The smallest absolute Gasteiger partial charge is 0.339 e. The second-order valence-corrected chi connectivity index (χ2v) is 3.34. The van der Waals surface area contributed by atoms with Gasteiger partial charge < -0.3 is 4.84 Å². The van der Waals surface area contributed by atoms with E-state index in [-0.39, 0.29) is 12.2 Å². The summed E-state index contributed by atoms with van der Waals surface area (Å²) in [5, 5.41) is 0.438. The van der Waals surface area contributed by atoms with Crippen molar-refractivity contribution in [3.63, 3.8) is 0 Å². The summed E-state index contributed by atoms with van der Waals surface area (Å²) >= 11 is 5.79. The molecule has 0 aliphatic carbocycles. The summed E-state index contributed by atoms with van der Waals surface area (Å²) in [5.74, 6) is -0.886. The van der Waals surface area contributed by atoms with Crippen molar-refractivity contribution in [2.45, 2.75) is 13.3 Å². The maximum Gasteiger partial charge on any atom is 0.339 e. The Kier molecular flexibility index (Phi) is 4.12. The lowest BCUT2D eigenvalue weighted by atomic mass is 10.3. The zero-order chi connectivity index (χ0) is 11.3. The molecule has 0 spiro atoms. The topological polar surface area (TPSA) is 55.4 Å². The summed E-state index contributed by atoms with van der Waals surface area (Å²) in [5.41, 5.74) is 2.87. The number of carbonyl (C=O) groups excluding carboxylic acids is 2. The molecule has 0 heterocycles. The predicted molar refractivity (Wildman–Crippen MR) is 56.5 cm³/mol. The summed E-state index contributed by atoms with van der Waals surface area (Å²) in [6.45, 7) is 1.32. The molecule has 0 amide bonds. The highest BCUT2D eigenvalue weighted by molar-refractivity contribution is 6.33. The lowest BCUT2D eigenvalue weighted by Crippen LogP contribution is -2.13. The van der Waals surface area contributed by atoms with Crippen LogP contribution in [0.3, 0.4) is 0 Å². The van der Waals surface area contributed by atoms with Crippen LogP contribution < -0.4 is 5.48 Å². The molecule has 0 unspecified atom stereocenters. The van der Waals surface area contributed by atoms with Gasteiger partial charge in [0.15, 0.2) is 0 Å². The van der Waals surface area contributed by atoms with Crippen molar-refractivity contribution in [3.8, 4) is 0 Å². The Balaban J connectivity index is 2.47. The van der Waals surface area contributed by atoms with Gasteiger partial charge in [-0.25, -0.2) is 10.3 Å². The van der Waals surface area contributed by atoms with Crippen LogP contribution >= 0.6 is 11.6 Å². The quantitative estimate of drug-likeness (QED) is 0.633. The van der Waals surface area contributed by atoms with Gasteiger partial charge in [0.05, 0.1) is 10.7 Å². The number of rotatable bonds is 4. The molecule has 0 saturated heterocycles. The SMILES string of the molecule is CC(=O)CC(=O)ONc1ccccc1Cl. The highest BCUT2D eigenvalue weighted by atomic mass is 35.5. The van der Waals surface area contributed by atoms with E-state index in [1.54, 1.807) is 24.3 Å². The zero-order valence-corrected chi connectivity index (χ0v) is 8.88. The Morgan fingerprint density at radius 1 is 1.40 bits per heavy atom. The van der Waals surface area contributed by atoms with Gasteiger partial charge in [0.2, 0.25) is 0 Å². The van der Waals surface area contributed by atoms with E-state index in [9.17, 15) is 9.59 Å². The Morgan fingerprint density at radius 3 is 2.67 bits per heavy atom. The van der Waals surface area contributed by atoms with Crippen molar-refractivity contribution < 1.29 is 14.4 Å². The number of carbonyl (C=O) groups is 2. The Morgan fingerprint density at radius 2 is 2.07 bits per heavy atom. The van der Waals surface area contributed by atoms with Crippen LogP contribution in [0.15, 0.2) is 24.3 Å². The lowest BCUT2D eigenvalue weighted by molar-refractivity contribution is -0.143. The number of para-hydroxylation sites is 1. The van der Waals surface area contributed by atoms with Gasteiger partial charge in [0.25, 0.3) is 0 Å². The molecule has 0 aromatic heterocycles. The summed E-state index contributed by atoms with van der Waals surface area (Å²) in [6.07, 6.45) is -0.253. The highest BCUT2D eigenvalue weighted by Crippen LogP contribution is 2.20. The van der Waals surface area contributed by atoms with Gasteiger partial charge in [-0.3, -0.25) is 4.79 Å². The van der Waals surface area contributed by atoms with Crippen molar-refractivity contribution in [2.24, 2.45) is 0 Å². The standard InChI is InChI=1S/C10H10ClNO3/c1-7(13)6-10(14)15-12-9-5-3-2-4-8(9)11/h2-5,12H,6H2,1H3. The largest absolute Gasteiger partial charge is 0.343 e. The third-order valence-corrected chi connectivity index (χ3v) is 1.87. The van der Waals surface area contributed by atoms with Gasteiger partial charge in [-0.1, -0.05) is 23.7 Å². The lowest BCUT2D eigenvalue weighted by Gasteiger charge is -2.06. The van der Waals surface area contributed by atoms with Crippen molar-refractivity contribution in [3.05, 3.63) is 29.3 Å². The molecule has 4 nitrogen and oxygen atoms in total. The second-order valence-electron chi connectivity index (χ2n) is 2.93. The number of anilines is 1. The van der Waals surface area contributed by atoms with E-state index >= 15 is 0 Å². The number of ketones is 1. The van der Waals surface area contributed by atoms with Crippen LogP contribution in [-0.2, 0) is 14.4 Å². The van der Waals surface area contributed by atoms with Gasteiger partial charge in [0.1, 0.15) is 12.2 Å². The Hall–Kier alpha value is -1.55. The number of hydrogen-bond acceptors (Lipinski definition) is 4. The molecule has 0 saturated carbocycles. The summed E-state index contributed by atoms with van der Waals surface area (Å²) in [6, 6.07) is 6.81. The maximum absolute atomic E-state index is 11.0. The highest BCUT2D eigenvalue weighted by Gasteiger charge is 2.07. The molecule has 0 atom stereocenters. The van der Waals surface area contributed by atoms with E-state index in [4.69, 9.17) is 11.6 Å². The molecule has 80 valence electrons. The summed E-state index contributed by atoms with van der Waals surface area (Å²) in [7, 11) is 0. The molecule has 1 aromatic rings. The van der Waals surface area contributed by atoms with Crippen molar-refractivity contribution >= 4 is 29.0 Å². The number of hydrogen-bond donors (Lipinski definition) is 1. The van der Waals surface area contributed by atoms with E-state index in [0.29, 0.717) is 10.7 Å². The minimum absolute atomic E-state index is 0.249. The molecule has 0 aliphatic heterocycles. The first-order chi connectivity index (χ1) is 7.09. The van der Waals surface area contributed by atoms with E-state index in [2.05, 4.69) is 10.3 Å². The normalized spacial score (nSPS) is 9.47. The zero-order valence-electron chi connectivity index (χ0n) is 8.12. The van der Waals surface area contributed by atoms with Crippen LogP contribution in [0.1, 0.15) is 13.3 Å². The van der Waals surface area contributed by atoms with Gasteiger partial charge in [-0.2, -0.15) is 0 Å². The van der Waals surface area contributed by atoms with Crippen molar-refractivity contribution in [1.82, 2.24) is 0 Å². The predicted octanol–water partition coefficient (Wildman–Crippen LogP) is 2.19. The molecular formula is C10H10ClNO3. The molecule has 1 aromatic carbocycles. The molecule has 0 aliphatic rings. The van der Waals surface area contributed by atoms with Gasteiger partial charge in [-0.05, 0) is 19.1 Å². The summed E-state index contributed by atoms with van der Waals surface area (Å²) in [4.78, 5) is 26.2. The molecule has 1 rings (SSSR count). The molecule has 0 bridgehead atoms. The minimum Gasteiger partial charge on any atom is -0.343 e. The third kappa shape index (κ3) is 3.99. The van der Waals surface area contributed by atoms with Crippen LogP contribution in [0.2, 0.25) is 5.02 Å². The van der Waals surface area contributed by atoms with E-state index in [1.165, 1.54) is 6.92 Å². The first-order valence-corrected chi connectivity index (χ1v) is 4.67. The molecule has 15 heavy (non-hydrogen) atoms. The number of benzene rings is 1. The molecule has 0 fully saturated rings. The van der Waals surface area contributed by atoms with Crippen LogP contribution in [0.5, 0.6) is 0 Å². The molecular weight excluding hydrogens is 218 g/mol. The fourth-order valence-corrected chi connectivity index (χ4v) is 1.07. The van der Waals surface area contributed by atoms with E-state index in [0.717, 1.165) is 0 Å². The fourth-order valence-electron chi connectivity index (χ4n) is 0.895. The number of Topliss-reactive ketones (excluding diaryl/α,β-unsaturated/α-hetero) is 1. The maximum atomic E-state index is 11.0. The average molecular weight is 228 g/mol. The average Bonchev–Trinajstić information content (AvgIpc) is 2.15. The van der Waals surface area contributed by atoms with E-state index in [1.807, 2.05) is 0 Å². The number of halogens is 1. The molecule has 5 heteroatoms. The van der Waals surface area contributed by atoms with Crippen LogP contribution in [0, 0.1) is 0 Å². The first-order valence-electron chi connectivity index (χ1n) is 4.29. The first kappa shape index (κ1) is 11.5. The summed E-state index contributed by atoms with van der Waals surface area (Å²) < 4.78 is 0. The Bertz CT molecular complexity index is 379. The molecule has 0 radical (unpaired) electrons. The van der Waals surface area contributed by atoms with E-state index < -0.39 is 5.97 Å². The van der Waals surface area contributed by atoms with Crippen molar-refractivity contribution in [1.29, 1.82) is 0 Å². The van der Waals surface area contributed by atoms with Gasteiger partial charge >= 0.3 is 5.97 Å². The van der Waals surface area contributed by atoms with Gasteiger partial charge in [-0.15, -0.1) is 0 Å². The minimum atomic E-state index is -0.637. The third-order valence-electron chi connectivity index (χ3n) is 1.54. The monoisotopic (exact) mass is 227 g/mol. The van der Waals surface area contributed by atoms with Crippen LogP contribution in [0.4, 0.5) is 5.69 Å².